The lowest BCUT2D eigenvalue weighted by Crippen LogP contribution is -2.20. The number of amides is 1. The van der Waals surface area contributed by atoms with Gasteiger partial charge in [0.25, 0.3) is 5.91 Å². The fraction of sp³-hybridized carbons (Fsp3) is 0.350. The molecule has 0 aliphatic rings. The van der Waals surface area contributed by atoms with Gasteiger partial charge in [-0.2, -0.15) is 0 Å². The zero-order chi connectivity index (χ0) is 18.2. The Morgan fingerprint density at radius 1 is 1.04 bits per heavy atom. The molecule has 0 unspecified atom stereocenters. The summed E-state index contributed by atoms with van der Waals surface area (Å²) in [5, 5.41) is 2.81. The molecule has 2 aromatic carbocycles. The van der Waals surface area contributed by atoms with Crippen LogP contribution in [0.4, 0.5) is 5.69 Å². The summed E-state index contributed by atoms with van der Waals surface area (Å²) in [5.74, 6) is 2.05. The van der Waals surface area contributed by atoms with Crippen molar-refractivity contribution in [3.8, 4) is 17.2 Å². The van der Waals surface area contributed by atoms with E-state index in [1.54, 1.807) is 25.3 Å². The van der Waals surface area contributed by atoms with Gasteiger partial charge in [0, 0.05) is 11.8 Å². The Morgan fingerprint density at radius 2 is 1.80 bits per heavy atom. The molecule has 2 rings (SSSR count). The van der Waals surface area contributed by atoms with Crippen molar-refractivity contribution in [3.63, 3.8) is 0 Å². The zero-order valence-electron chi connectivity index (χ0n) is 15.2. The van der Waals surface area contributed by atoms with Crippen LogP contribution in [0.2, 0.25) is 0 Å². The Kier molecular flexibility index (Phi) is 6.69. The van der Waals surface area contributed by atoms with Crippen molar-refractivity contribution in [3.05, 3.63) is 48.0 Å². The largest absolute Gasteiger partial charge is 0.493 e. The van der Waals surface area contributed by atoms with E-state index in [-0.39, 0.29) is 12.5 Å². The smallest absolute Gasteiger partial charge is 0.262 e. The minimum Gasteiger partial charge on any atom is -0.493 e. The van der Waals surface area contributed by atoms with Crippen LogP contribution in [0.3, 0.4) is 0 Å². The molecule has 5 heteroatoms. The molecule has 0 aromatic heterocycles. The zero-order valence-corrected chi connectivity index (χ0v) is 15.2. The molecule has 2 aromatic rings. The summed E-state index contributed by atoms with van der Waals surface area (Å²) in [4.78, 5) is 12.2. The molecule has 25 heavy (non-hydrogen) atoms. The average molecular weight is 343 g/mol. The van der Waals surface area contributed by atoms with Crippen molar-refractivity contribution in [1.29, 1.82) is 0 Å². The van der Waals surface area contributed by atoms with Gasteiger partial charge in [-0.3, -0.25) is 4.79 Å². The standard InChI is InChI=1S/C20H25NO4/c1-5-24-18-11-10-15(12-19(18)23-4)21-20(22)13-25-17-9-7-6-8-16(17)14(2)3/h6-12,14H,5,13H2,1-4H3,(H,21,22). The maximum Gasteiger partial charge on any atom is 0.262 e. The summed E-state index contributed by atoms with van der Waals surface area (Å²) in [6.07, 6.45) is 0. The van der Waals surface area contributed by atoms with Gasteiger partial charge in [-0.1, -0.05) is 32.0 Å². The van der Waals surface area contributed by atoms with Crippen LogP contribution in [0.5, 0.6) is 17.2 Å². The molecule has 0 spiro atoms. The predicted octanol–water partition coefficient (Wildman–Crippen LogP) is 4.23. The molecule has 5 nitrogen and oxygen atoms in total. The van der Waals surface area contributed by atoms with Gasteiger partial charge in [-0.15, -0.1) is 0 Å². The monoisotopic (exact) mass is 343 g/mol. The molecule has 0 atom stereocenters. The van der Waals surface area contributed by atoms with Gasteiger partial charge in [-0.05, 0) is 36.6 Å². The van der Waals surface area contributed by atoms with Crippen LogP contribution >= 0.6 is 0 Å². The van der Waals surface area contributed by atoms with E-state index < -0.39 is 0 Å². The third-order valence-corrected chi connectivity index (χ3v) is 3.65. The summed E-state index contributed by atoms with van der Waals surface area (Å²) in [7, 11) is 1.56. The summed E-state index contributed by atoms with van der Waals surface area (Å²) in [6, 6.07) is 13.0. The van der Waals surface area contributed by atoms with Gasteiger partial charge in [0.1, 0.15) is 5.75 Å². The van der Waals surface area contributed by atoms with Gasteiger partial charge in [0.2, 0.25) is 0 Å². The predicted molar refractivity (Wildman–Crippen MR) is 98.8 cm³/mol. The van der Waals surface area contributed by atoms with E-state index in [2.05, 4.69) is 19.2 Å². The first-order valence-corrected chi connectivity index (χ1v) is 8.37. The van der Waals surface area contributed by atoms with Crippen molar-refractivity contribution in [2.75, 3.05) is 25.6 Å². The maximum absolute atomic E-state index is 12.2. The molecule has 1 amide bonds. The second kappa shape index (κ2) is 8.97. The number of hydrogen-bond donors (Lipinski definition) is 1. The Labute approximate surface area is 148 Å². The molecule has 0 radical (unpaired) electrons. The normalized spacial score (nSPS) is 10.4. The van der Waals surface area contributed by atoms with E-state index in [0.717, 1.165) is 11.3 Å². The summed E-state index contributed by atoms with van der Waals surface area (Å²) in [6.45, 7) is 6.58. The number of ether oxygens (including phenoxy) is 3. The number of carbonyl (C=O) groups excluding carboxylic acids is 1. The first-order chi connectivity index (χ1) is 12.0. The van der Waals surface area contributed by atoms with E-state index in [9.17, 15) is 4.79 Å². The Morgan fingerprint density at radius 3 is 2.48 bits per heavy atom. The van der Waals surface area contributed by atoms with Crippen molar-refractivity contribution < 1.29 is 19.0 Å². The summed E-state index contributed by atoms with van der Waals surface area (Å²) < 4.78 is 16.4. The summed E-state index contributed by atoms with van der Waals surface area (Å²) in [5.41, 5.74) is 1.71. The van der Waals surface area contributed by atoms with Crippen LogP contribution in [-0.2, 0) is 4.79 Å². The Hall–Kier alpha value is -2.69. The van der Waals surface area contributed by atoms with Crippen LogP contribution in [0.1, 0.15) is 32.3 Å². The highest BCUT2D eigenvalue weighted by Gasteiger charge is 2.11. The van der Waals surface area contributed by atoms with Crippen LogP contribution in [0.25, 0.3) is 0 Å². The second-order valence-electron chi connectivity index (χ2n) is 5.83. The Bertz CT molecular complexity index is 713. The molecule has 1 N–H and O–H groups in total. The number of nitrogens with one attached hydrogen (secondary N) is 1. The molecule has 0 heterocycles. The van der Waals surface area contributed by atoms with Crippen molar-refractivity contribution in [1.82, 2.24) is 0 Å². The molecule has 134 valence electrons. The third-order valence-electron chi connectivity index (χ3n) is 3.65. The van der Waals surface area contributed by atoms with E-state index >= 15 is 0 Å². The number of carbonyl (C=O) groups is 1. The first kappa shape index (κ1) is 18.6. The van der Waals surface area contributed by atoms with Gasteiger partial charge >= 0.3 is 0 Å². The highest BCUT2D eigenvalue weighted by Crippen LogP contribution is 2.30. The second-order valence-corrected chi connectivity index (χ2v) is 5.83. The lowest BCUT2D eigenvalue weighted by molar-refractivity contribution is -0.118. The number of anilines is 1. The van der Waals surface area contributed by atoms with Crippen molar-refractivity contribution in [2.45, 2.75) is 26.7 Å². The molecule has 0 fully saturated rings. The van der Waals surface area contributed by atoms with Crippen LogP contribution in [0.15, 0.2) is 42.5 Å². The molecule has 0 saturated heterocycles. The molecule has 0 saturated carbocycles. The lowest BCUT2D eigenvalue weighted by Gasteiger charge is -2.14. The van der Waals surface area contributed by atoms with E-state index in [0.29, 0.717) is 29.7 Å². The third kappa shape index (κ3) is 5.14. The fourth-order valence-corrected chi connectivity index (χ4v) is 2.45. The van der Waals surface area contributed by atoms with Crippen molar-refractivity contribution in [2.24, 2.45) is 0 Å². The van der Waals surface area contributed by atoms with Crippen LogP contribution in [-0.4, -0.2) is 26.2 Å². The fourth-order valence-electron chi connectivity index (χ4n) is 2.45. The molecule has 0 aliphatic heterocycles. The maximum atomic E-state index is 12.2. The van der Waals surface area contributed by atoms with Gasteiger partial charge in [-0.25, -0.2) is 0 Å². The quantitative estimate of drug-likeness (QED) is 0.779. The SMILES string of the molecule is CCOc1ccc(NC(=O)COc2ccccc2C(C)C)cc1OC. The highest BCUT2D eigenvalue weighted by atomic mass is 16.5. The van der Waals surface area contributed by atoms with E-state index in [1.807, 2.05) is 31.2 Å². The van der Waals surface area contributed by atoms with E-state index in [4.69, 9.17) is 14.2 Å². The van der Waals surface area contributed by atoms with Gasteiger partial charge < -0.3 is 19.5 Å². The van der Waals surface area contributed by atoms with Crippen LogP contribution in [0, 0.1) is 0 Å². The minimum absolute atomic E-state index is 0.0563. The van der Waals surface area contributed by atoms with Crippen molar-refractivity contribution >= 4 is 11.6 Å². The minimum atomic E-state index is -0.232. The van der Waals surface area contributed by atoms with Crippen LogP contribution < -0.4 is 19.5 Å². The molecular formula is C20H25NO4. The van der Waals surface area contributed by atoms with Gasteiger partial charge in [0.05, 0.1) is 13.7 Å². The Balaban J connectivity index is 1.99. The van der Waals surface area contributed by atoms with Gasteiger partial charge in [0.15, 0.2) is 18.1 Å². The topological polar surface area (TPSA) is 56.8 Å². The number of rotatable bonds is 8. The first-order valence-electron chi connectivity index (χ1n) is 8.37. The number of hydrogen-bond acceptors (Lipinski definition) is 4. The number of benzene rings is 2. The molecule has 0 bridgehead atoms. The van der Waals surface area contributed by atoms with E-state index in [1.165, 1.54) is 0 Å². The number of methoxy groups -OCH3 is 1. The molecular weight excluding hydrogens is 318 g/mol. The average Bonchev–Trinajstić information content (AvgIpc) is 2.61. The number of para-hydroxylation sites is 1. The molecule has 0 aliphatic carbocycles. The highest BCUT2D eigenvalue weighted by molar-refractivity contribution is 5.92. The summed E-state index contributed by atoms with van der Waals surface area (Å²) >= 11 is 0. The lowest BCUT2D eigenvalue weighted by atomic mass is 10.0.